The lowest BCUT2D eigenvalue weighted by molar-refractivity contribution is 0.287. The van der Waals surface area contributed by atoms with Crippen molar-refractivity contribution in [1.29, 1.82) is 0 Å². The number of ether oxygens (including phenoxy) is 1. The molecule has 0 radical (unpaired) electrons. The molecule has 0 amide bonds. The minimum Gasteiger partial charge on any atom is -0.494 e. The molecule has 2 rings (SSSR count). The Morgan fingerprint density at radius 1 is 1.11 bits per heavy atom. The van der Waals surface area contributed by atoms with Gasteiger partial charge in [-0.1, -0.05) is 48.0 Å². The van der Waals surface area contributed by atoms with Crippen molar-refractivity contribution in [1.82, 2.24) is 5.43 Å². The monoisotopic (exact) mass is 256 g/mol. The van der Waals surface area contributed by atoms with E-state index in [9.17, 15) is 0 Å². The Kier molecular flexibility index (Phi) is 4.95. The Bertz CT molecular complexity index is 499. The summed E-state index contributed by atoms with van der Waals surface area (Å²) in [5, 5.41) is 0. The van der Waals surface area contributed by atoms with Crippen LogP contribution in [0.3, 0.4) is 0 Å². The van der Waals surface area contributed by atoms with Gasteiger partial charge < -0.3 is 4.74 Å². The zero-order chi connectivity index (χ0) is 13.5. The van der Waals surface area contributed by atoms with Gasteiger partial charge in [0.25, 0.3) is 0 Å². The number of aryl methyl sites for hydroxylation is 1. The molecule has 0 fully saturated rings. The number of hydrogen-bond donors (Lipinski definition) is 2. The highest BCUT2D eigenvalue weighted by atomic mass is 16.5. The van der Waals surface area contributed by atoms with Crippen LogP contribution in [-0.4, -0.2) is 6.61 Å². The summed E-state index contributed by atoms with van der Waals surface area (Å²) in [5.41, 5.74) is 5.28. The van der Waals surface area contributed by atoms with Crippen LogP contribution in [0.4, 0.5) is 0 Å². The molecule has 2 aromatic carbocycles. The Balaban J connectivity index is 1.89. The maximum Gasteiger partial charge on any atom is 0.119 e. The molecule has 3 heteroatoms. The number of benzene rings is 2. The number of para-hydroxylation sites is 1. The predicted molar refractivity (Wildman–Crippen MR) is 77.8 cm³/mol. The van der Waals surface area contributed by atoms with E-state index in [1.165, 1.54) is 11.1 Å². The summed E-state index contributed by atoms with van der Waals surface area (Å²) in [4.78, 5) is 0. The highest BCUT2D eigenvalue weighted by molar-refractivity contribution is 5.25. The van der Waals surface area contributed by atoms with Crippen LogP contribution < -0.4 is 16.0 Å². The van der Waals surface area contributed by atoms with Crippen molar-refractivity contribution in [3.05, 3.63) is 65.7 Å². The van der Waals surface area contributed by atoms with Crippen molar-refractivity contribution in [2.24, 2.45) is 5.84 Å². The van der Waals surface area contributed by atoms with Crippen LogP contribution in [0.25, 0.3) is 0 Å². The third-order valence-electron chi connectivity index (χ3n) is 3.06. The van der Waals surface area contributed by atoms with E-state index in [4.69, 9.17) is 10.6 Å². The van der Waals surface area contributed by atoms with Crippen molar-refractivity contribution in [2.45, 2.75) is 19.4 Å². The third kappa shape index (κ3) is 4.09. The standard InChI is InChI=1S/C16H20N2O/c1-13-6-5-7-14(12-13)16(18-17)10-11-19-15-8-3-2-4-9-15/h2-9,12,16,18H,10-11,17H2,1H3. The molecule has 100 valence electrons. The second-order valence-corrected chi connectivity index (χ2v) is 4.58. The topological polar surface area (TPSA) is 47.3 Å². The van der Waals surface area contributed by atoms with Crippen LogP contribution in [0.5, 0.6) is 5.75 Å². The Labute approximate surface area is 114 Å². The van der Waals surface area contributed by atoms with Crippen LogP contribution >= 0.6 is 0 Å². The van der Waals surface area contributed by atoms with Gasteiger partial charge in [0.05, 0.1) is 6.61 Å². The maximum atomic E-state index is 5.69. The first kappa shape index (κ1) is 13.6. The largest absolute Gasteiger partial charge is 0.494 e. The first-order valence-corrected chi connectivity index (χ1v) is 6.50. The van der Waals surface area contributed by atoms with Gasteiger partial charge in [-0.05, 0) is 24.6 Å². The quantitative estimate of drug-likeness (QED) is 0.617. The smallest absolute Gasteiger partial charge is 0.119 e. The van der Waals surface area contributed by atoms with Crippen molar-refractivity contribution in [2.75, 3.05) is 6.61 Å². The molecule has 0 saturated carbocycles. The van der Waals surface area contributed by atoms with Crippen molar-refractivity contribution in [3.63, 3.8) is 0 Å². The average molecular weight is 256 g/mol. The summed E-state index contributed by atoms with van der Waals surface area (Å²) in [6, 6.07) is 18.3. The second kappa shape index (κ2) is 6.92. The molecule has 3 N–H and O–H groups in total. The molecule has 0 aliphatic rings. The van der Waals surface area contributed by atoms with Gasteiger partial charge in [0.2, 0.25) is 0 Å². The highest BCUT2D eigenvalue weighted by Gasteiger charge is 2.09. The molecule has 0 aromatic heterocycles. The fourth-order valence-corrected chi connectivity index (χ4v) is 2.04. The van der Waals surface area contributed by atoms with Crippen molar-refractivity contribution < 1.29 is 4.74 Å². The van der Waals surface area contributed by atoms with Gasteiger partial charge in [-0.15, -0.1) is 0 Å². The molecule has 0 spiro atoms. The number of rotatable bonds is 6. The van der Waals surface area contributed by atoms with Crippen molar-refractivity contribution in [3.8, 4) is 5.75 Å². The third-order valence-corrected chi connectivity index (χ3v) is 3.06. The first-order valence-electron chi connectivity index (χ1n) is 6.50. The van der Waals surface area contributed by atoms with Crippen LogP contribution in [-0.2, 0) is 0 Å². The average Bonchev–Trinajstić information content (AvgIpc) is 2.45. The Morgan fingerprint density at radius 2 is 1.89 bits per heavy atom. The van der Waals surface area contributed by atoms with Gasteiger partial charge in [-0.3, -0.25) is 11.3 Å². The molecule has 0 heterocycles. The number of hydrazine groups is 1. The molecule has 0 aliphatic carbocycles. The van der Waals surface area contributed by atoms with E-state index < -0.39 is 0 Å². The summed E-state index contributed by atoms with van der Waals surface area (Å²) in [5.74, 6) is 6.52. The first-order chi connectivity index (χ1) is 9.29. The maximum absolute atomic E-state index is 5.69. The zero-order valence-corrected chi connectivity index (χ0v) is 11.2. The van der Waals surface area contributed by atoms with E-state index in [1.54, 1.807) is 0 Å². The predicted octanol–water partition coefficient (Wildman–Crippen LogP) is 2.97. The normalized spacial score (nSPS) is 12.1. The molecular weight excluding hydrogens is 236 g/mol. The Morgan fingerprint density at radius 3 is 2.58 bits per heavy atom. The molecule has 2 aromatic rings. The van der Waals surface area contributed by atoms with Crippen molar-refractivity contribution >= 4 is 0 Å². The van der Waals surface area contributed by atoms with Gasteiger partial charge in [0.1, 0.15) is 5.75 Å². The van der Waals surface area contributed by atoms with E-state index in [0.717, 1.165) is 12.2 Å². The van der Waals surface area contributed by atoms with Crippen LogP contribution in [0.2, 0.25) is 0 Å². The fourth-order valence-electron chi connectivity index (χ4n) is 2.04. The molecule has 19 heavy (non-hydrogen) atoms. The SMILES string of the molecule is Cc1cccc(C(CCOc2ccccc2)NN)c1. The number of nitrogens with one attached hydrogen (secondary N) is 1. The lowest BCUT2D eigenvalue weighted by atomic mass is 10.0. The van der Waals surface area contributed by atoms with E-state index in [-0.39, 0.29) is 6.04 Å². The summed E-state index contributed by atoms with van der Waals surface area (Å²) < 4.78 is 5.69. The molecular formula is C16H20N2O. The molecule has 3 nitrogen and oxygen atoms in total. The minimum atomic E-state index is 0.114. The van der Waals surface area contributed by atoms with Gasteiger partial charge in [-0.2, -0.15) is 0 Å². The van der Waals surface area contributed by atoms with Crippen LogP contribution in [0, 0.1) is 6.92 Å². The van der Waals surface area contributed by atoms with Gasteiger partial charge in [0.15, 0.2) is 0 Å². The van der Waals surface area contributed by atoms with Gasteiger partial charge in [-0.25, -0.2) is 0 Å². The number of nitrogens with two attached hydrogens (primary N) is 1. The van der Waals surface area contributed by atoms with E-state index in [2.05, 4.69) is 30.5 Å². The van der Waals surface area contributed by atoms with Gasteiger partial charge >= 0.3 is 0 Å². The molecule has 1 atom stereocenters. The molecule has 0 bridgehead atoms. The van der Waals surface area contributed by atoms with E-state index >= 15 is 0 Å². The summed E-state index contributed by atoms with van der Waals surface area (Å²) >= 11 is 0. The second-order valence-electron chi connectivity index (χ2n) is 4.58. The van der Waals surface area contributed by atoms with Gasteiger partial charge in [0, 0.05) is 12.5 Å². The minimum absolute atomic E-state index is 0.114. The lowest BCUT2D eigenvalue weighted by Gasteiger charge is -2.17. The molecule has 0 aliphatic heterocycles. The van der Waals surface area contributed by atoms with Crippen LogP contribution in [0.1, 0.15) is 23.6 Å². The number of hydrogen-bond acceptors (Lipinski definition) is 3. The zero-order valence-electron chi connectivity index (χ0n) is 11.2. The lowest BCUT2D eigenvalue weighted by Crippen LogP contribution is -2.29. The highest BCUT2D eigenvalue weighted by Crippen LogP contribution is 2.18. The summed E-state index contributed by atoms with van der Waals surface area (Å²) in [6.45, 7) is 2.71. The van der Waals surface area contributed by atoms with E-state index in [0.29, 0.717) is 6.61 Å². The summed E-state index contributed by atoms with van der Waals surface area (Å²) in [7, 11) is 0. The Hall–Kier alpha value is -1.84. The molecule has 0 saturated heterocycles. The van der Waals surface area contributed by atoms with Crippen LogP contribution in [0.15, 0.2) is 54.6 Å². The van der Waals surface area contributed by atoms with E-state index in [1.807, 2.05) is 36.4 Å². The molecule has 1 unspecified atom stereocenters. The fraction of sp³-hybridized carbons (Fsp3) is 0.250. The summed E-state index contributed by atoms with van der Waals surface area (Å²) in [6.07, 6.45) is 0.828.